The normalized spacial score (nSPS) is 10.8. The third-order valence-electron chi connectivity index (χ3n) is 4.26. The highest BCUT2D eigenvalue weighted by Crippen LogP contribution is 2.18. The van der Waals surface area contributed by atoms with Crippen LogP contribution in [-0.2, 0) is 11.4 Å². The zero-order chi connectivity index (χ0) is 22.2. The minimum Gasteiger partial charge on any atom is -0.489 e. The molecule has 0 bridgehead atoms. The number of ether oxygens (including phenoxy) is 1. The fourth-order valence-electron chi connectivity index (χ4n) is 2.62. The quantitative estimate of drug-likeness (QED) is 0.357. The Morgan fingerprint density at radius 1 is 1.00 bits per heavy atom. The molecule has 0 aliphatic rings. The van der Waals surface area contributed by atoms with Gasteiger partial charge in [0.05, 0.1) is 5.56 Å². The number of anilines is 1. The van der Waals surface area contributed by atoms with Crippen molar-refractivity contribution in [1.82, 2.24) is 0 Å². The Balaban J connectivity index is 1.61. The van der Waals surface area contributed by atoms with Crippen LogP contribution in [0.25, 0.3) is 6.08 Å². The van der Waals surface area contributed by atoms with E-state index in [1.807, 2.05) is 6.07 Å². The first-order chi connectivity index (χ1) is 14.9. The molecule has 7 heteroatoms. The molecule has 0 heterocycles. The van der Waals surface area contributed by atoms with Crippen LogP contribution in [0, 0.1) is 11.3 Å². The summed E-state index contributed by atoms with van der Waals surface area (Å²) in [6, 6.07) is 22.4. The summed E-state index contributed by atoms with van der Waals surface area (Å²) in [5.74, 6) is -0.856. The van der Waals surface area contributed by atoms with E-state index in [-0.39, 0.29) is 17.7 Å². The van der Waals surface area contributed by atoms with Gasteiger partial charge in [-0.2, -0.15) is 5.26 Å². The Hall–Kier alpha value is -3.89. The first kappa shape index (κ1) is 21.8. The summed E-state index contributed by atoms with van der Waals surface area (Å²) in [7, 11) is 0. The van der Waals surface area contributed by atoms with Crippen LogP contribution in [-0.4, -0.2) is 17.0 Å². The number of carbonyl (C=O) groups is 2. The Labute approximate surface area is 187 Å². The number of hydrogen-bond donors (Lipinski definition) is 2. The molecule has 3 rings (SSSR count). The van der Waals surface area contributed by atoms with Crippen LogP contribution in [0.2, 0.25) is 0 Å². The molecule has 3 aromatic carbocycles. The van der Waals surface area contributed by atoms with E-state index in [2.05, 4.69) is 21.2 Å². The number of carboxylic acids is 1. The second-order valence-corrected chi connectivity index (χ2v) is 7.41. The van der Waals surface area contributed by atoms with E-state index >= 15 is 0 Å². The number of carboxylic acid groups (broad SMARTS) is 1. The summed E-state index contributed by atoms with van der Waals surface area (Å²) in [4.78, 5) is 23.2. The number of nitrogens with zero attached hydrogens (tertiary/aromatic N) is 1. The molecule has 0 unspecified atom stereocenters. The van der Waals surface area contributed by atoms with E-state index in [9.17, 15) is 14.9 Å². The van der Waals surface area contributed by atoms with E-state index in [1.165, 1.54) is 18.2 Å². The molecule has 0 saturated heterocycles. The summed E-state index contributed by atoms with van der Waals surface area (Å²) in [5, 5.41) is 21.0. The lowest BCUT2D eigenvalue weighted by molar-refractivity contribution is -0.112. The zero-order valence-electron chi connectivity index (χ0n) is 16.2. The van der Waals surface area contributed by atoms with Gasteiger partial charge in [-0.3, -0.25) is 4.79 Å². The average Bonchev–Trinajstić information content (AvgIpc) is 2.78. The van der Waals surface area contributed by atoms with Crippen molar-refractivity contribution in [1.29, 1.82) is 5.26 Å². The van der Waals surface area contributed by atoms with Crippen LogP contribution in [0.4, 0.5) is 5.69 Å². The van der Waals surface area contributed by atoms with Crippen LogP contribution in [0.3, 0.4) is 0 Å². The second kappa shape index (κ2) is 10.2. The number of rotatable bonds is 7. The Kier molecular flexibility index (Phi) is 7.20. The van der Waals surface area contributed by atoms with Crippen molar-refractivity contribution in [2.75, 3.05) is 5.32 Å². The number of aromatic carboxylic acids is 1. The van der Waals surface area contributed by atoms with E-state index in [0.717, 1.165) is 10.0 Å². The van der Waals surface area contributed by atoms with Gasteiger partial charge in [-0.25, -0.2) is 4.79 Å². The number of hydrogen-bond acceptors (Lipinski definition) is 4. The predicted octanol–water partition coefficient (Wildman–Crippen LogP) is 5.27. The summed E-state index contributed by atoms with van der Waals surface area (Å²) < 4.78 is 6.59. The molecule has 0 atom stereocenters. The van der Waals surface area contributed by atoms with Gasteiger partial charge in [0.25, 0.3) is 5.91 Å². The van der Waals surface area contributed by atoms with Gasteiger partial charge in [0.15, 0.2) is 0 Å². The Morgan fingerprint density at radius 2 is 1.65 bits per heavy atom. The van der Waals surface area contributed by atoms with Crippen LogP contribution in [0.15, 0.2) is 82.8 Å². The van der Waals surface area contributed by atoms with Gasteiger partial charge in [-0.05, 0) is 65.7 Å². The first-order valence-corrected chi connectivity index (χ1v) is 9.98. The summed E-state index contributed by atoms with van der Waals surface area (Å²) in [6.45, 7) is 0.286. The molecule has 31 heavy (non-hydrogen) atoms. The van der Waals surface area contributed by atoms with Crippen molar-refractivity contribution in [3.63, 3.8) is 0 Å². The third kappa shape index (κ3) is 6.29. The van der Waals surface area contributed by atoms with E-state index in [0.29, 0.717) is 17.0 Å². The maximum atomic E-state index is 12.4. The molecular weight excluding hydrogens is 460 g/mol. The van der Waals surface area contributed by atoms with Crippen LogP contribution in [0.5, 0.6) is 5.75 Å². The highest BCUT2D eigenvalue weighted by Gasteiger charge is 2.10. The Morgan fingerprint density at radius 3 is 2.23 bits per heavy atom. The molecule has 1 amide bonds. The lowest BCUT2D eigenvalue weighted by atomic mass is 10.1. The van der Waals surface area contributed by atoms with Gasteiger partial charge in [-0.15, -0.1) is 0 Å². The zero-order valence-corrected chi connectivity index (χ0v) is 17.8. The SMILES string of the molecule is N#CC(=Cc1ccc(OCc2ccc(C(=O)O)cc2)cc1)C(=O)Nc1ccc(Br)cc1. The monoisotopic (exact) mass is 476 g/mol. The van der Waals surface area contributed by atoms with Gasteiger partial charge >= 0.3 is 5.97 Å². The molecule has 0 fully saturated rings. The fraction of sp³-hybridized carbons (Fsp3) is 0.0417. The molecule has 0 aliphatic heterocycles. The summed E-state index contributed by atoms with van der Waals surface area (Å²) >= 11 is 3.33. The number of halogens is 1. The predicted molar refractivity (Wildman–Crippen MR) is 121 cm³/mol. The van der Waals surface area contributed by atoms with Crippen molar-refractivity contribution in [2.24, 2.45) is 0 Å². The number of benzene rings is 3. The summed E-state index contributed by atoms with van der Waals surface area (Å²) in [6.07, 6.45) is 1.50. The molecule has 0 aliphatic carbocycles. The molecular formula is C24H17BrN2O4. The molecule has 0 radical (unpaired) electrons. The van der Waals surface area contributed by atoms with E-state index in [1.54, 1.807) is 60.7 Å². The van der Waals surface area contributed by atoms with Gasteiger partial charge in [-0.1, -0.05) is 40.2 Å². The number of nitrogens with one attached hydrogen (secondary N) is 1. The van der Waals surface area contributed by atoms with Crippen molar-refractivity contribution in [2.45, 2.75) is 6.61 Å². The van der Waals surface area contributed by atoms with Gasteiger partial charge in [0.2, 0.25) is 0 Å². The highest BCUT2D eigenvalue weighted by atomic mass is 79.9. The fourth-order valence-corrected chi connectivity index (χ4v) is 2.88. The first-order valence-electron chi connectivity index (χ1n) is 9.18. The van der Waals surface area contributed by atoms with Crippen molar-refractivity contribution < 1.29 is 19.4 Å². The topological polar surface area (TPSA) is 99.4 Å². The lowest BCUT2D eigenvalue weighted by Gasteiger charge is -2.07. The molecule has 0 spiro atoms. The van der Waals surface area contributed by atoms with Crippen LogP contribution >= 0.6 is 15.9 Å². The smallest absolute Gasteiger partial charge is 0.335 e. The Bertz CT molecular complexity index is 1150. The summed E-state index contributed by atoms with van der Waals surface area (Å²) in [5.41, 5.74) is 2.31. The number of amides is 1. The maximum Gasteiger partial charge on any atom is 0.335 e. The molecule has 0 saturated carbocycles. The number of carbonyl (C=O) groups excluding carboxylic acids is 1. The second-order valence-electron chi connectivity index (χ2n) is 6.49. The van der Waals surface area contributed by atoms with E-state index < -0.39 is 11.9 Å². The van der Waals surface area contributed by atoms with Gasteiger partial charge in [0.1, 0.15) is 24.0 Å². The highest BCUT2D eigenvalue weighted by molar-refractivity contribution is 9.10. The van der Waals surface area contributed by atoms with Gasteiger partial charge < -0.3 is 15.2 Å². The van der Waals surface area contributed by atoms with Crippen LogP contribution < -0.4 is 10.1 Å². The minimum atomic E-state index is -0.974. The molecule has 3 aromatic rings. The van der Waals surface area contributed by atoms with Gasteiger partial charge in [0, 0.05) is 10.2 Å². The van der Waals surface area contributed by atoms with Crippen molar-refractivity contribution >= 4 is 39.6 Å². The molecule has 2 N–H and O–H groups in total. The number of nitriles is 1. The van der Waals surface area contributed by atoms with Crippen LogP contribution in [0.1, 0.15) is 21.5 Å². The van der Waals surface area contributed by atoms with Crippen molar-refractivity contribution in [3.05, 3.63) is 99.5 Å². The maximum absolute atomic E-state index is 12.4. The van der Waals surface area contributed by atoms with E-state index in [4.69, 9.17) is 9.84 Å². The van der Waals surface area contributed by atoms with Crippen molar-refractivity contribution in [3.8, 4) is 11.8 Å². The average molecular weight is 477 g/mol. The molecule has 154 valence electrons. The lowest BCUT2D eigenvalue weighted by Crippen LogP contribution is -2.13. The molecule has 0 aromatic heterocycles. The standard InChI is InChI=1S/C24H17BrN2O4/c25-20-7-9-21(10-8-20)27-23(28)19(14-26)13-16-3-11-22(12-4-16)31-15-17-1-5-18(6-2-17)24(29)30/h1-13H,15H2,(H,27,28)(H,29,30). The largest absolute Gasteiger partial charge is 0.489 e. The molecule has 6 nitrogen and oxygen atoms in total. The third-order valence-corrected chi connectivity index (χ3v) is 4.79. The minimum absolute atomic E-state index is 0.0184.